The molecule has 0 unspecified atom stereocenters. The maximum atomic E-state index is 9.11. The van der Waals surface area contributed by atoms with Crippen molar-refractivity contribution in [1.29, 1.82) is 0 Å². The van der Waals surface area contributed by atoms with Gasteiger partial charge in [0.05, 0.1) is 18.8 Å². The Morgan fingerprint density at radius 3 is 2.46 bits per heavy atom. The predicted molar refractivity (Wildman–Crippen MR) is 119 cm³/mol. The number of pyridine rings is 1. The van der Waals surface area contributed by atoms with Crippen molar-refractivity contribution in [3.8, 4) is 11.4 Å². The van der Waals surface area contributed by atoms with Crippen LogP contribution in [0.2, 0.25) is 0 Å². The molecule has 3 aromatic rings. The molecule has 0 amide bonds. The van der Waals surface area contributed by atoms with E-state index in [1.54, 1.807) is 4.68 Å². The van der Waals surface area contributed by atoms with Crippen molar-refractivity contribution >= 4 is 41.4 Å². The highest BCUT2D eigenvalue weighted by Gasteiger charge is 2.20. The third-order valence-electron chi connectivity index (χ3n) is 5.07. The maximum absolute atomic E-state index is 9.11. The van der Waals surface area contributed by atoms with E-state index in [9.17, 15) is 0 Å². The van der Waals surface area contributed by atoms with E-state index >= 15 is 0 Å². The summed E-state index contributed by atoms with van der Waals surface area (Å²) in [5.41, 5.74) is 1.73. The highest BCUT2D eigenvalue weighted by atomic mass is 35.5. The molecule has 152 valence electrons. The zero-order chi connectivity index (χ0) is 17.9. The van der Waals surface area contributed by atoms with Gasteiger partial charge in [0.15, 0.2) is 0 Å². The molecule has 1 N–H and O–H groups in total. The maximum Gasteiger partial charge on any atom is 0.137 e. The molecule has 4 rings (SSSR count). The van der Waals surface area contributed by atoms with Gasteiger partial charge in [-0.2, -0.15) is 5.10 Å². The molecule has 6 nitrogen and oxygen atoms in total. The first-order valence-corrected chi connectivity index (χ1v) is 9.30. The van der Waals surface area contributed by atoms with E-state index in [-0.39, 0.29) is 31.4 Å². The third kappa shape index (κ3) is 4.58. The van der Waals surface area contributed by atoms with E-state index in [4.69, 9.17) is 10.1 Å². The van der Waals surface area contributed by atoms with Gasteiger partial charge >= 0.3 is 0 Å². The lowest BCUT2D eigenvalue weighted by molar-refractivity contribution is 0.269. The zero-order valence-electron chi connectivity index (χ0n) is 16.0. The number of aliphatic hydroxyl groups is 1. The summed E-state index contributed by atoms with van der Waals surface area (Å²) in [5.74, 6) is 1.05. The second-order valence-electron chi connectivity index (χ2n) is 6.66. The summed E-state index contributed by atoms with van der Waals surface area (Å²) >= 11 is 0. The minimum absolute atomic E-state index is 0. The molecular weight excluding hydrogens is 397 g/mol. The van der Waals surface area contributed by atoms with Crippen LogP contribution in [0, 0.1) is 0 Å². The van der Waals surface area contributed by atoms with Crippen LogP contribution < -0.4 is 4.90 Å². The zero-order valence-corrected chi connectivity index (χ0v) is 17.6. The van der Waals surface area contributed by atoms with Gasteiger partial charge in [0.2, 0.25) is 0 Å². The van der Waals surface area contributed by atoms with Crippen molar-refractivity contribution in [3.63, 3.8) is 0 Å². The Morgan fingerprint density at radius 2 is 1.75 bits per heavy atom. The lowest BCUT2D eigenvalue weighted by Gasteiger charge is -2.35. The Balaban J connectivity index is 0.00000140. The van der Waals surface area contributed by atoms with Gasteiger partial charge in [-0.05, 0) is 24.1 Å². The van der Waals surface area contributed by atoms with E-state index in [2.05, 4.69) is 52.2 Å². The van der Waals surface area contributed by atoms with Crippen LogP contribution in [0.3, 0.4) is 0 Å². The Kier molecular flexibility index (Phi) is 8.07. The van der Waals surface area contributed by atoms with E-state index < -0.39 is 0 Å². The van der Waals surface area contributed by atoms with Crippen LogP contribution in [0.4, 0.5) is 5.82 Å². The number of rotatable bonds is 5. The Bertz CT molecular complexity index is 893. The summed E-state index contributed by atoms with van der Waals surface area (Å²) in [6.45, 7) is 8.03. The first-order chi connectivity index (χ1) is 12.8. The number of aliphatic hydroxyl groups excluding tert-OH is 1. The number of fused-ring (bicyclic) bond motifs is 1. The number of anilines is 1. The summed E-state index contributed by atoms with van der Waals surface area (Å²) in [4.78, 5) is 9.85. The number of likely N-dealkylation sites (N-methyl/N-ethyl adjacent to an activating group) is 1. The van der Waals surface area contributed by atoms with Crippen molar-refractivity contribution < 1.29 is 5.11 Å². The van der Waals surface area contributed by atoms with E-state index in [0.29, 0.717) is 6.54 Å². The fourth-order valence-electron chi connectivity index (χ4n) is 3.55. The van der Waals surface area contributed by atoms with Gasteiger partial charge in [0.1, 0.15) is 11.5 Å². The summed E-state index contributed by atoms with van der Waals surface area (Å²) in [7, 11) is 0. The number of piperazine rings is 1. The average Bonchev–Trinajstić information content (AvgIpc) is 3.16. The quantitative estimate of drug-likeness (QED) is 0.682. The number of hydrogen-bond acceptors (Lipinski definition) is 5. The standard InChI is InChI=1S/C20H25N5O.2ClH/c1-2-23-9-11-24(12-10-23)20-17-6-4-3-5-16(17)15-19(21-20)18-7-8-25(22-18)13-14-26;;/h3-8,15,26H,2,9-14H2,1H3;2*1H. The van der Waals surface area contributed by atoms with Gasteiger partial charge in [-0.25, -0.2) is 4.98 Å². The molecule has 0 radical (unpaired) electrons. The van der Waals surface area contributed by atoms with Gasteiger partial charge in [-0.1, -0.05) is 31.2 Å². The Hall–Kier alpha value is -1.86. The number of benzene rings is 1. The molecule has 2 aromatic heterocycles. The van der Waals surface area contributed by atoms with Gasteiger partial charge in [-0.15, -0.1) is 24.8 Å². The lowest BCUT2D eigenvalue weighted by atomic mass is 10.1. The van der Waals surface area contributed by atoms with Crippen LogP contribution in [0.1, 0.15) is 6.92 Å². The van der Waals surface area contributed by atoms with E-state index in [1.807, 2.05) is 12.3 Å². The summed E-state index contributed by atoms with van der Waals surface area (Å²) in [5, 5.41) is 16.0. The molecule has 1 aliphatic heterocycles. The molecule has 1 saturated heterocycles. The Labute approximate surface area is 178 Å². The number of nitrogens with zero attached hydrogens (tertiary/aromatic N) is 5. The molecule has 3 heterocycles. The van der Waals surface area contributed by atoms with Crippen LogP contribution in [0.5, 0.6) is 0 Å². The predicted octanol–water partition coefficient (Wildman–Crippen LogP) is 3.08. The molecule has 28 heavy (non-hydrogen) atoms. The van der Waals surface area contributed by atoms with Gasteiger partial charge in [0.25, 0.3) is 0 Å². The fourth-order valence-corrected chi connectivity index (χ4v) is 3.55. The third-order valence-corrected chi connectivity index (χ3v) is 5.07. The van der Waals surface area contributed by atoms with Crippen LogP contribution in [-0.2, 0) is 6.54 Å². The second kappa shape index (κ2) is 10.1. The molecule has 0 saturated carbocycles. The van der Waals surface area contributed by atoms with Crippen LogP contribution in [0.15, 0.2) is 42.6 Å². The number of hydrogen-bond donors (Lipinski definition) is 1. The van der Waals surface area contributed by atoms with Gasteiger partial charge in [0, 0.05) is 37.8 Å². The van der Waals surface area contributed by atoms with Crippen molar-refractivity contribution in [2.45, 2.75) is 13.5 Å². The fraction of sp³-hybridized carbons (Fsp3) is 0.400. The summed E-state index contributed by atoms with van der Waals surface area (Å²) < 4.78 is 1.76. The molecule has 0 aliphatic carbocycles. The highest BCUT2D eigenvalue weighted by Crippen LogP contribution is 2.30. The van der Waals surface area contributed by atoms with E-state index in [0.717, 1.165) is 49.9 Å². The molecule has 0 atom stereocenters. The molecule has 0 spiro atoms. The summed E-state index contributed by atoms with van der Waals surface area (Å²) in [6, 6.07) is 12.5. The SMILES string of the molecule is CCN1CCN(c2nc(-c3ccn(CCO)n3)cc3ccccc23)CC1.Cl.Cl. The van der Waals surface area contributed by atoms with E-state index in [1.165, 1.54) is 10.8 Å². The van der Waals surface area contributed by atoms with Crippen LogP contribution in [0.25, 0.3) is 22.2 Å². The van der Waals surface area contributed by atoms with Gasteiger partial charge in [-0.3, -0.25) is 4.68 Å². The molecular formula is C20H27Cl2N5O. The molecule has 1 fully saturated rings. The number of halogens is 2. The van der Waals surface area contributed by atoms with Gasteiger partial charge < -0.3 is 14.9 Å². The monoisotopic (exact) mass is 423 g/mol. The van der Waals surface area contributed by atoms with Crippen LogP contribution >= 0.6 is 24.8 Å². The minimum atomic E-state index is 0. The minimum Gasteiger partial charge on any atom is -0.394 e. The summed E-state index contributed by atoms with van der Waals surface area (Å²) in [6.07, 6.45) is 1.89. The number of aromatic nitrogens is 3. The highest BCUT2D eigenvalue weighted by molar-refractivity contribution is 5.94. The lowest BCUT2D eigenvalue weighted by Crippen LogP contribution is -2.46. The molecule has 1 aromatic carbocycles. The van der Waals surface area contributed by atoms with Crippen LogP contribution in [-0.4, -0.2) is 64.1 Å². The van der Waals surface area contributed by atoms with Crippen molar-refractivity contribution in [1.82, 2.24) is 19.7 Å². The second-order valence-corrected chi connectivity index (χ2v) is 6.66. The smallest absolute Gasteiger partial charge is 0.137 e. The van der Waals surface area contributed by atoms with Crippen molar-refractivity contribution in [3.05, 3.63) is 42.6 Å². The molecule has 8 heteroatoms. The first kappa shape index (κ1) is 22.4. The van der Waals surface area contributed by atoms with Crippen molar-refractivity contribution in [2.24, 2.45) is 0 Å². The topological polar surface area (TPSA) is 57.4 Å². The first-order valence-electron chi connectivity index (χ1n) is 9.30. The average molecular weight is 424 g/mol. The molecule has 0 bridgehead atoms. The largest absolute Gasteiger partial charge is 0.394 e. The molecule has 1 aliphatic rings. The van der Waals surface area contributed by atoms with Crippen molar-refractivity contribution in [2.75, 3.05) is 44.2 Å². The normalized spacial score (nSPS) is 14.6. The Morgan fingerprint density at radius 1 is 1.00 bits per heavy atom.